The Kier molecular flexibility index (Phi) is 6.33. The summed E-state index contributed by atoms with van der Waals surface area (Å²) >= 11 is 0. The van der Waals surface area contributed by atoms with Crippen molar-refractivity contribution in [3.05, 3.63) is 96.1 Å². The van der Waals surface area contributed by atoms with Crippen LogP contribution in [0.15, 0.2) is 84.9 Å². The minimum Gasteiger partial charge on any atom is -0.494 e. The average molecular weight is 454 g/mol. The van der Waals surface area contributed by atoms with Gasteiger partial charge in [0.25, 0.3) is 0 Å². The number of benzene rings is 3. The zero-order chi connectivity index (χ0) is 23.5. The molecular weight excluding hydrogens is 422 g/mol. The van der Waals surface area contributed by atoms with E-state index in [1.165, 1.54) is 5.56 Å². The molecule has 1 aliphatic heterocycles. The molecule has 1 unspecified atom stereocenters. The van der Waals surface area contributed by atoms with E-state index in [9.17, 15) is 5.11 Å². The smallest absolute Gasteiger partial charge is 0.151 e. The Labute approximate surface area is 201 Å². The van der Waals surface area contributed by atoms with E-state index in [1.54, 1.807) is 7.11 Å². The molecule has 2 heterocycles. The van der Waals surface area contributed by atoms with E-state index in [0.717, 1.165) is 46.4 Å². The molecule has 5 heteroatoms. The first-order chi connectivity index (χ1) is 16.7. The number of nitrogens with one attached hydrogen (secondary N) is 1. The molecule has 1 fully saturated rings. The molecule has 0 aliphatic carbocycles. The molecule has 4 aromatic rings. The topological polar surface area (TPSA) is 57.6 Å². The predicted octanol–water partition coefficient (Wildman–Crippen LogP) is 5.11. The number of β-amino-alcohol motifs (C(OH)–C–C–N with tert-alkyl or cyclic N) is 1. The fourth-order valence-electron chi connectivity index (χ4n) is 5.47. The van der Waals surface area contributed by atoms with E-state index >= 15 is 0 Å². The second-order valence-electron chi connectivity index (χ2n) is 8.74. The van der Waals surface area contributed by atoms with Crippen LogP contribution < -0.4 is 10.1 Å². The molecule has 5 rings (SSSR count). The molecule has 5 nitrogen and oxygen atoms in total. The van der Waals surface area contributed by atoms with Crippen LogP contribution in [0.3, 0.4) is 0 Å². The number of fused-ring (bicyclic) bond motifs is 1. The molecule has 0 spiro atoms. The van der Waals surface area contributed by atoms with Crippen LogP contribution in [-0.2, 0) is 5.54 Å². The van der Waals surface area contributed by atoms with Gasteiger partial charge in [0.1, 0.15) is 5.69 Å². The van der Waals surface area contributed by atoms with Crippen molar-refractivity contribution in [1.82, 2.24) is 15.2 Å². The third-order valence-corrected chi connectivity index (χ3v) is 7.10. The van der Waals surface area contributed by atoms with Gasteiger partial charge in [-0.1, -0.05) is 85.8 Å². The van der Waals surface area contributed by atoms with Crippen molar-refractivity contribution in [3.63, 3.8) is 0 Å². The maximum absolute atomic E-state index is 10.1. The summed E-state index contributed by atoms with van der Waals surface area (Å²) < 4.78 is 6.09. The van der Waals surface area contributed by atoms with Crippen LogP contribution in [0.25, 0.3) is 22.2 Å². The van der Waals surface area contributed by atoms with Crippen LogP contribution in [0.5, 0.6) is 5.75 Å². The lowest BCUT2D eigenvalue weighted by Gasteiger charge is -2.40. The Bertz CT molecular complexity index is 1260. The van der Waals surface area contributed by atoms with Gasteiger partial charge in [-0.3, -0.25) is 10.2 Å². The minimum atomic E-state index is -0.239. The van der Waals surface area contributed by atoms with Crippen molar-refractivity contribution in [3.8, 4) is 17.0 Å². The van der Waals surface area contributed by atoms with Crippen LogP contribution in [0.4, 0.5) is 0 Å². The first kappa shape index (κ1) is 22.5. The zero-order valence-corrected chi connectivity index (χ0v) is 19.7. The molecule has 0 amide bonds. The third kappa shape index (κ3) is 3.66. The quantitative estimate of drug-likeness (QED) is 0.407. The normalized spacial score (nSPS) is 20.6. The van der Waals surface area contributed by atoms with Crippen molar-refractivity contribution in [2.24, 2.45) is 0 Å². The van der Waals surface area contributed by atoms with Crippen LogP contribution in [0.1, 0.15) is 30.6 Å². The number of hydrogen-bond donors (Lipinski definition) is 2. The van der Waals surface area contributed by atoms with Gasteiger partial charge in [0, 0.05) is 29.6 Å². The summed E-state index contributed by atoms with van der Waals surface area (Å²) in [5.41, 5.74) is 4.85. The van der Waals surface area contributed by atoms with Gasteiger partial charge in [-0.2, -0.15) is 0 Å². The number of aromatic nitrogens is 1. The number of para-hydroxylation sites is 1. The molecule has 0 bridgehead atoms. The summed E-state index contributed by atoms with van der Waals surface area (Å²) in [6, 6.07) is 29.0. The van der Waals surface area contributed by atoms with Crippen molar-refractivity contribution < 1.29 is 9.84 Å². The summed E-state index contributed by atoms with van der Waals surface area (Å²) in [6.45, 7) is 3.61. The van der Waals surface area contributed by atoms with Crippen LogP contribution >= 0.6 is 0 Å². The van der Waals surface area contributed by atoms with E-state index in [-0.39, 0.29) is 18.3 Å². The van der Waals surface area contributed by atoms with Crippen LogP contribution in [0, 0.1) is 0 Å². The predicted molar refractivity (Wildman–Crippen MR) is 137 cm³/mol. The van der Waals surface area contributed by atoms with Crippen molar-refractivity contribution in [2.75, 3.05) is 26.8 Å². The lowest BCUT2D eigenvalue weighted by atomic mass is 9.86. The first-order valence-electron chi connectivity index (χ1n) is 11.9. The average Bonchev–Trinajstić information content (AvgIpc) is 3.27. The Morgan fingerprint density at radius 1 is 1.00 bits per heavy atom. The molecule has 1 saturated heterocycles. The van der Waals surface area contributed by atoms with E-state index in [0.29, 0.717) is 6.54 Å². The van der Waals surface area contributed by atoms with E-state index in [1.807, 2.05) is 30.3 Å². The number of hydrogen-bond acceptors (Lipinski definition) is 5. The highest BCUT2D eigenvalue weighted by Gasteiger charge is 2.47. The van der Waals surface area contributed by atoms with Gasteiger partial charge in [-0.05, 0) is 18.1 Å². The highest BCUT2D eigenvalue weighted by atomic mass is 16.5. The standard InChI is InChI=1S/C29H31N3O2/c1-3-29(22-14-8-5-9-15-22)20-30-28(32(29)18-19-33)25-23-16-10-11-17-24(23)31-26(27(25)34-2)21-12-6-4-7-13-21/h4-17,28,30,33H,3,18-20H2,1-2H3/t28-,29?/m0/s1. The summed E-state index contributed by atoms with van der Waals surface area (Å²) in [4.78, 5) is 7.42. The molecule has 3 aromatic carbocycles. The second-order valence-corrected chi connectivity index (χ2v) is 8.74. The second kappa shape index (κ2) is 9.55. The summed E-state index contributed by atoms with van der Waals surface area (Å²) in [7, 11) is 1.72. The fraction of sp³-hybridized carbons (Fsp3) is 0.276. The highest BCUT2D eigenvalue weighted by molar-refractivity contribution is 5.89. The maximum Gasteiger partial charge on any atom is 0.151 e. The largest absolute Gasteiger partial charge is 0.494 e. The van der Waals surface area contributed by atoms with E-state index < -0.39 is 0 Å². The molecule has 0 radical (unpaired) electrons. The summed E-state index contributed by atoms with van der Waals surface area (Å²) in [5, 5.41) is 15.0. The Hall–Kier alpha value is -3.25. The summed E-state index contributed by atoms with van der Waals surface area (Å²) in [6.07, 6.45) is 0.773. The number of pyridine rings is 1. The number of aliphatic hydroxyl groups excluding tert-OH is 1. The molecule has 1 aliphatic rings. The Morgan fingerprint density at radius 2 is 1.68 bits per heavy atom. The SMILES string of the molecule is CCC1(c2ccccc2)CN[C@H](c2c(OC)c(-c3ccccc3)nc3ccccc23)N1CCO. The van der Waals surface area contributed by atoms with Gasteiger partial charge in [-0.15, -0.1) is 0 Å². The molecular formula is C29H31N3O2. The maximum atomic E-state index is 10.1. The van der Waals surface area contributed by atoms with Gasteiger partial charge in [0.2, 0.25) is 0 Å². The van der Waals surface area contributed by atoms with E-state index in [2.05, 4.69) is 71.7 Å². The first-order valence-corrected chi connectivity index (χ1v) is 11.9. The fourth-order valence-corrected chi connectivity index (χ4v) is 5.47. The number of nitrogens with zero attached hydrogens (tertiary/aromatic N) is 2. The lowest BCUT2D eigenvalue weighted by Crippen LogP contribution is -2.45. The van der Waals surface area contributed by atoms with Crippen molar-refractivity contribution >= 4 is 10.9 Å². The Morgan fingerprint density at radius 3 is 2.35 bits per heavy atom. The van der Waals surface area contributed by atoms with Gasteiger partial charge in [0.05, 0.1) is 30.9 Å². The number of rotatable bonds is 7. The molecule has 2 N–H and O–H groups in total. The molecule has 1 aromatic heterocycles. The van der Waals surface area contributed by atoms with Crippen LogP contribution in [-0.4, -0.2) is 41.8 Å². The lowest BCUT2D eigenvalue weighted by molar-refractivity contribution is 0.0723. The van der Waals surface area contributed by atoms with Crippen molar-refractivity contribution in [2.45, 2.75) is 25.0 Å². The van der Waals surface area contributed by atoms with Crippen LogP contribution in [0.2, 0.25) is 0 Å². The Balaban J connectivity index is 1.75. The highest BCUT2D eigenvalue weighted by Crippen LogP contribution is 2.47. The van der Waals surface area contributed by atoms with E-state index in [4.69, 9.17) is 9.72 Å². The molecule has 0 saturated carbocycles. The van der Waals surface area contributed by atoms with Gasteiger partial charge in [-0.25, -0.2) is 4.98 Å². The van der Waals surface area contributed by atoms with Gasteiger partial charge >= 0.3 is 0 Å². The molecule has 34 heavy (non-hydrogen) atoms. The zero-order valence-electron chi connectivity index (χ0n) is 19.7. The number of ether oxygens (including phenoxy) is 1. The monoisotopic (exact) mass is 453 g/mol. The number of methoxy groups -OCH3 is 1. The molecule has 2 atom stereocenters. The minimum absolute atomic E-state index is 0.0731. The van der Waals surface area contributed by atoms with Gasteiger partial charge in [0.15, 0.2) is 5.75 Å². The third-order valence-electron chi connectivity index (χ3n) is 7.10. The number of aliphatic hydroxyl groups is 1. The van der Waals surface area contributed by atoms with Crippen molar-refractivity contribution in [1.29, 1.82) is 0 Å². The van der Waals surface area contributed by atoms with Gasteiger partial charge < -0.3 is 9.84 Å². The molecule has 174 valence electrons. The summed E-state index contributed by atoms with van der Waals surface area (Å²) in [5.74, 6) is 0.769.